The second-order valence-electron chi connectivity index (χ2n) is 21.3. The molecule has 404 valence electrons. The highest BCUT2D eigenvalue weighted by Crippen LogP contribution is 2.18. The molecule has 0 aromatic rings. The van der Waals surface area contributed by atoms with Crippen molar-refractivity contribution >= 4 is 17.9 Å². The number of hydrogen-bond acceptors (Lipinski definition) is 6. The Morgan fingerprint density at radius 3 is 0.588 bits per heavy atom. The number of carbonyl (C=O) groups excluding carboxylic acids is 3. The summed E-state index contributed by atoms with van der Waals surface area (Å²) in [5, 5.41) is 0. The first-order valence-electron chi connectivity index (χ1n) is 31.0. The molecule has 0 aliphatic carbocycles. The van der Waals surface area contributed by atoms with Crippen LogP contribution in [-0.2, 0) is 28.6 Å². The van der Waals surface area contributed by atoms with Crippen molar-refractivity contribution in [1.82, 2.24) is 0 Å². The van der Waals surface area contributed by atoms with Crippen LogP contribution in [0.25, 0.3) is 0 Å². The van der Waals surface area contributed by atoms with E-state index in [2.05, 4.69) is 20.8 Å². The molecule has 0 radical (unpaired) electrons. The minimum Gasteiger partial charge on any atom is -0.462 e. The molecule has 1 atom stereocenters. The Hall–Kier alpha value is -1.59. The van der Waals surface area contributed by atoms with Gasteiger partial charge in [-0.25, -0.2) is 0 Å². The monoisotopic (exact) mass is 961 g/mol. The fourth-order valence-corrected chi connectivity index (χ4v) is 9.68. The van der Waals surface area contributed by atoms with Crippen molar-refractivity contribution in [2.24, 2.45) is 0 Å². The summed E-state index contributed by atoms with van der Waals surface area (Å²) in [5.74, 6) is -0.831. The zero-order valence-corrected chi connectivity index (χ0v) is 46.4. The van der Waals surface area contributed by atoms with Crippen LogP contribution in [0.3, 0.4) is 0 Å². The molecule has 6 heteroatoms. The van der Waals surface area contributed by atoms with Crippen molar-refractivity contribution in [3.8, 4) is 0 Å². The van der Waals surface area contributed by atoms with E-state index in [9.17, 15) is 14.4 Å². The molecule has 0 saturated heterocycles. The fraction of sp³-hybridized carbons (Fsp3) is 0.952. The van der Waals surface area contributed by atoms with Crippen molar-refractivity contribution < 1.29 is 28.6 Å². The molecule has 0 heterocycles. The van der Waals surface area contributed by atoms with Crippen molar-refractivity contribution in [3.63, 3.8) is 0 Å². The molecule has 1 unspecified atom stereocenters. The van der Waals surface area contributed by atoms with Crippen LogP contribution in [0, 0.1) is 0 Å². The standard InChI is InChI=1S/C62H120O6/c1-4-7-10-13-16-19-22-25-26-27-28-29-30-31-32-33-34-35-36-38-40-43-46-49-52-55-61(64)67-58-59(57-66-60(63)54-51-48-45-42-39-24-21-18-15-12-9-6-3)68-62(65)56-53-50-47-44-41-37-23-20-17-14-11-8-5-2/h59H,4-58H2,1-3H3. The zero-order chi connectivity index (χ0) is 49.3. The Morgan fingerprint density at radius 1 is 0.235 bits per heavy atom. The van der Waals surface area contributed by atoms with E-state index in [1.165, 1.54) is 263 Å². The first-order chi connectivity index (χ1) is 33.5. The summed E-state index contributed by atoms with van der Waals surface area (Å²) in [4.78, 5) is 38.1. The predicted octanol–water partition coefficient (Wildman–Crippen LogP) is 20.7. The lowest BCUT2D eigenvalue weighted by molar-refractivity contribution is -0.167. The van der Waals surface area contributed by atoms with Gasteiger partial charge in [0.15, 0.2) is 6.10 Å². The van der Waals surface area contributed by atoms with E-state index in [0.717, 1.165) is 57.8 Å². The van der Waals surface area contributed by atoms with E-state index in [1.54, 1.807) is 0 Å². The van der Waals surface area contributed by atoms with Gasteiger partial charge in [0.05, 0.1) is 0 Å². The van der Waals surface area contributed by atoms with Crippen LogP contribution in [0.1, 0.15) is 361 Å². The Bertz CT molecular complexity index is 1010. The van der Waals surface area contributed by atoms with Crippen molar-refractivity contribution in [3.05, 3.63) is 0 Å². The van der Waals surface area contributed by atoms with E-state index >= 15 is 0 Å². The lowest BCUT2D eigenvalue weighted by atomic mass is 10.0. The number of ether oxygens (including phenoxy) is 3. The molecule has 0 aromatic carbocycles. The van der Waals surface area contributed by atoms with Gasteiger partial charge in [-0.05, 0) is 19.3 Å². The Balaban J connectivity index is 4.13. The van der Waals surface area contributed by atoms with Gasteiger partial charge >= 0.3 is 17.9 Å². The molecule has 0 saturated carbocycles. The first kappa shape index (κ1) is 66.4. The van der Waals surface area contributed by atoms with Crippen LogP contribution in [0.2, 0.25) is 0 Å². The average molecular weight is 962 g/mol. The van der Waals surface area contributed by atoms with E-state index in [0.29, 0.717) is 19.3 Å². The highest BCUT2D eigenvalue weighted by atomic mass is 16.6. The molecule has 0 bridgehead atoms. The molecule has 0 aliphatic rings. The molecular weight excluding hydrogens is 841 g/mol. The molecule has 0 spiro atoms. The Morgan fingerprint density at radius 2 is 0.397 bits per heavy atom. The molecule has 0 aliphatic heterocycles. The molecule has 0 aromatic heterocycles. The van der Waals surface area contributed by atoms with Crippen LogP contribution in [0.5, 0.6) is 0 Å². The minimum atomic E-state index is -0.761. The summed E-state index contributed by atoms with van der Waals surface area (Å²) in [5.41, 5.74) is 0. The minimum absolute atomic E-state index is 0.0610. The quantitative estimate of drug-likeness (QED) is 0.0343. The zero-order valence-electron chi connectivity index (χ0n) is 46.4. The molecule has 0 fully saturated rings. The maximum Gasteiger partial charge on any atom is 0.306 e. The SMILES string of the molecule is CCCCCCCCCCCCCCCCCCCCCCCCCCCC(=O)OCC(COC(=O)CCCCCCCCCCCCCC)OC(=O)CCCCCCCCCCCCCCC. The number of unbranched alkanes of at least 4 members (excludes halogenated alkanes) is 47. The lowest BCUT2D eigenvalue weighted by Crippen LogP contribution is -2.30. The number of carbonyl (C=O) groups is 3. The van der Waals surface area contributed by atoms with Gasteiger partial charge in [0.2, 0.25) is 0 Å². The average Bonchev–Trinajstić information content (AvgIpc) is 3.34. The number of esters is 3. The smallest absolute Gasteiger partial charge is 0.306 e. The van der Waals surface area contributed by atoms with E-state index in [1.807, 2.05) is 0 Å². The van der Waals surface area contributed by atoms with Gasteiger partial charge < -0.3 is 14.2 Å². The van der Waals surface area contributed by atoms with Crippen LogP contribution in [0.15, 0.2) is 0 Å². The third-order valence-electron chi connectivity index (χ3n) is 14.4. The topological polar surface area (TPSA) is 78.9 Å². The summed E-state index contributed by atoms with van der Waals surface area (Å²) < 4.78 is 16.9. The third kappa shape index (κ3) is 55.3. The highest BCUT2D eigenvalue weighted by Gasteiger charge is 2.19. The van der Waals surface area contributed by atoms with Crippen LogP contribution in [-0.4, -0.2) is 37.2 Å². The van der Waals surface area contributed by atoms with Crippen LogP contribution < -0.4 is 0 Å². The summed E-state index contributed by atoms with van der Waals surface area (Å²) in [6, 6.07) is 0. The van der Waals surface area contributed by atoms with E-state index in [4.69, 9.17) is 14.2 Å². The van der Waals surface area contributed by atoms with E-state index in [-0.39, 0.29) is 31.1 Å². The number of rotatable bonds is 58. The van der Waals surface area contributed by atoms with Gasteiger partial charge in [-0.1, -0.05) is 323 Å². The fourth-order valence-electron chi connectivity index (χ4n) is 9.68. The Kier molecular flexibility index (Phi) is 56.6. The Labute approximate surface area is 425 Å². The van der Waals surface area contributed by atoms with Gasteiger partial charge in [0, 0.05) is 19.3 Å². The maximum absolute atomic E-state index is 12.8. The summed E-state index contributed by atoms with van der Waals surface area (Å²) >= 11 is 0. The number of hydrogen-bond donors (Lipinski definition) is 0. The van der Waals surface area contributed by atoms with Gasteiger partial charge in [-0.15, -0.1) is 0 Å². The second-order valence-corrected chi connectivity index (χ2v) is 21.3. The first-order valence-corrected chi connectivity index (χ1v) is 31.0. The van der Waals surface area contributed by atoms with Gasteiger partial charge in [-0.2, -0.15) is 0 Å². The summed E-state index contributed by atoms with van der Waals surface area (Å²) in [7, 11) is 0. The highest BCUT2D eigenvalue weighted by molar-refractivity contribution is 5.71. The van der Waals surface area contributed by atoms with Gasteiger partial charge in [0.25, 0.3) is 0 Å². The van der Waals surface area contributed by atoms with Crippen LogP contribution in [0.4, 0.5) is 0 Å². The molecule has 68 heavy (non-hydrogen) atoms. The van der Waals surface area contributed by atoms with Crippen molar-refractivity contribution in [1.29, 1.82) is 0 Å². The molecule has 0 rings (SSSR count). The molecule has 0 N–H and O–H groups in total. The predicted molar refractivity (Wildman–Crippen MR) is 294 cm³/mol. The summed E-state index contributed by atoms with van der Waals surface area (Å²) in [6.07, 6.45) is 65.4. The van der Waals surface area contributed by atoms with Gasteiger partial charge in [0.1, 0.15) is 13.2 Å². The second kappa shape index (κ2) is 58.0. The van der Waals surface area contributed by atoms with Crippen molar-refractivity contribution in [2.45, 2.75) is 367 Å². The third-order valence-corrected chi connectivity index (χ3v) is 14.4. The summed E-state index contributed by atoms with van der Waals surface area (Å²) in [6.45, 7) is 6.71. The van der Waals surface area contributed by atoms with E-state index < -0.39 is 6.10 Å². The van der Waals surface area contributed by atoms with Crippen molar-refractivity contribution in [2.75, 3.05) is 13.2 Å². The lowest BCUT2D eigenvalue weighted by Gasteiger charge is -2.18. The normalized spacial score (nSPS) is 11.9. The molecule has 0 amide bonds. The largest absolute Gasteiger partial charge is 0.462 e. The van der Waals surface area contributed by atoms with Crippen LogP contribution >= 0.6 is 0 Å². The molecule has 6 nitrogen and oxygen atoms in total. The molecular formula is C62H120O6. The van der Waals surface area contributed by atoms with Gasteiger partial charge in [-0.3, -0.25) is 14.4 Å². The maximum atomic E-state index is 12.8.